The van der Waals surface area contributed by atoms with Gasteiger partial charge in [-0.3, -0.25) is 9.59 Å². The maximum atomic E-state index is 12.3. The molecule has 0 aromatic heterocycles. The summed E-state index contributed by atoms with van der Waals surface area (Å²) >= 11 is 0. The minimum Gasteiger partial charge on any atom is -0.451 e. The molecule has 0 N–H and O–H groups in total. The van der Waals surface area contributed by atoms with Crippen LogP contribution >= 0.6 is 0 Å². The first-order valence-electron chi connectivity index (χ1n) is 9.10. The molecule has 1 saturated heterocycles. The van der Waals surface area contributed by atoms with Gasteiger partial charge in [0, 0.05) is 24.9 Å². The van der Waals surface area contributed by atoms with E-state index < -0.39 is 28.5 Å². The number of ether oxygens (including phenoxy) is 1. The second kappa shape index (κ2) is 8.37. The first kappa shape index (κ1) is 21.3. The zero-order valence-corrected chi connectivity index (χ0v) is 17.0. The summed E-state index contributed by atoms with van der Waals surface area (Å²) in [6, 6.07) is -0.606. The fourth-order valence-electron chi connectivity index (χ4n) is 3.43. The molecule has 1 fully saturated rings. The summed E-state index contributed by atoms with van der Waals surface area (Å²) in [5.41, 5.74) is 0.0346. The van der Waals surface area contributed by atoms with Crippen LogP contribution in [0.3, 0.4) is 0 Å². The third-order valence-electron chi connectivity index (χ3n) is 4.58. The van der Waals surface area contributed by atoms with Crippen LogP contribution in [0.5, 0.6) is 0 Å². The number of hydrogen-bond donors (Lipinski definition) is 0. The zero-order chi connectivity index (χ0) is 20.4. The van der Waals surface area contributed by atoms with Gasteiger partial charge in [-0.05, 0) is 34.1 Å². The standard InChI is InChI=1S/C17H27N3O6S/c1-11(2)19(12(3)4)16(22)9-26-17(23)14-5-6-15(21)20(18-14)13-7-8-27(24,25)10-13/h11-13H,5-10H2,1-4H3/t13-/m0/s1. The molecule has 2 aliphatic rings. The van der Waals surface area contributed by atoms with Gasteiger partial charge in [-0.25, -0.2) is 18.2 Å². The number of carbonyl (C=O) groups is 3. The second-order valence-corrected chi connectivity index (χ2v) is 9.64. The normalized spacial score (nSPS) is 22.1. The molecule has 2 heterocycles. The van der Waals surface area contributed by atoms with Crippen molar-refractivity contribution in [1.82, 2.24) is 9.91 Å². The molecule has 152 valence electrons. The van der Waals surface area contributed by atoms with E-state index in [9.17, 15) is 22.8 Å². The van der Waals surface area contributed by atoms with Gasteiger partial charge in [0.2, 0.25) is 5.91 Å². The predicted molar refractivity (Wildman–Crippen MR) is 98.7 cm³/mol. The third-order valence-corrected chi connectivity index (χ3v) is 6.33. The highest BCUT2D eigenvalue weighted by Gasteiger charge is 2.37. The average molecular weight is 401 g/mol. The van der Waals surface area contributed by atoms with Gasteiger partial charge in [0.05, 0.1) is 17.5 Å². The molecular weight excluding hydrogens is 374 g/mol. The Labute approximate surface area is 159 Å². The molecular formula is C17H27N3O6S. The van der Waals surface area contributed by atoms with Crippen molar-refractivity contribution < 1.29 is 27.5 Å². The van der Waals surface area contributed by atoms with Gasteiger partial charge in [-0.15, -0.1) is 0 Å². The summed E-state index contributed by atoms with van der Waals surface area (Å²) < 4.78 is 28.4. The van der Waals surface area contributed by atoms with Crippen LogP contribution in [0.2, 0.25) is 0 Å². The van der Waals surface area contributed by atoms with Gasteiger partial charge < -0.3 is 9.64 Å². The molecule has 0 bridgehead atoms. The number of amides is 2. The lowest BCUT2D eigenvalue weighted by Gasteiger charge is -2.30. The number of nitrogens with zero attached hydrogens (tertiary/aromatic N) is 3. The Balaban J connectivity index is 2.02. The van der Waals surface area contributed by atoms with Crippen molar-refractivity contribution >= 4 is 33.3 Å². The average Bonchev–Trinajstić information content (AvgIpc) is 2.92. The Hall–Kier alpha value is -1.97. The molecule has 0 aliphatic carbocycles. The Kier molecular flexibility index (Phi) is 6.61. The van der Waals surface area contributed by atoms with E-state index in [-0.39, 0.29) is 54.0 Å². The van der Waals surface area contributed by atoms with E-state index in [1.54, 1.807) is 4.90 Å². The lowest BCUT2D eigenvalue weighted by molar-refractivity contribution is -0.149. The summed E-state index contributed by atoms with van der Waals surface area (Å²) in [5.74, 6) is -1.52. The summed E-state index contributed by atoms with van der Waals surface area (Å²) in [7, 11) is -3.18. The Morgan fingerprint density at radius 1 is 1.22 bits per heavy atom. The highest BCUT2D eigenvalue weighted by molar-refractivity contribution is 7.91. The molecule has 0 aromatic carbocycles. The third kappa shape index (κ3) is 5.27. The van der Waals surface area contributed by atoms with E-state index in [4.69, 9.17) is 4.74 Å². The second-order valence-electron chi connectivity index (χ2n) is 7.41. The monoisotopic (exact) mass is 401 g/mol. The molecule has 0 saturated carbocycles. The Bertz CT molecular complexity index is 736. The number of esters is 1. The van der Waals surface area contributed by atoms with E-state index in [1.807, 2.05) is 27.7 Å². The predicted octanol–water partition coefficient (Wildman–Crippen LogP) is 0.341. The summed E-state index contributed by atoms with van der Waals surface area (Å²) in [6.45, 7) is 7.11. The minimum atomic E-state index is -3.18. The van der Waals surface area contributed by atoms with Crippen LogP contribution in [-0.2, 0) is 29.0 Å². The Morgan fingerprint density at radius 2 is 1.85 bits per heavy atom. The topological polar surface area (TPSA) is 113 Å². The molecule has 9 nitrogen and oxygen atoms in total. The molecule has 10 heteroatoms. The van der Waals surface area contributed by atoms with Gasteiger partial charge in [0.25, 0.3) is 5.91 Å². The van der Waals surface area contributed by atoms with Crippen LogP contribution in [0.4, 0.5) is 0 Å². The first-order valence-corrected chi connectivity index (χ1v) is 10.9. The fraction of sp³-hybridized carbons (Fsp3) is 0.765. The number of rotatable bonds is 6. The van der Waals surface area contributed by atoms with Gasteiger partial charge in [-0.1, -0.05) is 0 Å². The molecule has 2 rings (SSSR count). The summed E-state index contributed by atoms with van der Waals surface area (Å²) in [6.07, 6.45) is 0.471. The molecule has 2 amide bonds. The molecule has 1 atom stereocenters. The number of hydrazone groups is 1. The van der Waals surface area contributed by atoms with Crippen LogP contribution in [0, 0.1) is 0 Å². The van der Waals surface area contributed by atoms with E-state index in [1.165, 1.54) is 0 Å². The lowest BCUT2D eigenvalue weighted by atomic mass is 10.1. The van der Waals surface area contributed by atoms with Crippen LogP contribution in [-0.4, -0.2) is 78.1 Å². The fourth-order valence-corrected chi connectivity index (χ4v) is 5.12. The van der Waals surface area contributed by atoms with Crippen LogP contribution in [0.1, 0.15) is 47.0 Å². The molecule has 0 spiro atoms. The van der Waals surface area contributed by atoms with E-state index in [0.717, 1.165) is 5.01 Å². The lowest BCUT2D eigenvalue weighted by Crippen LogP contribution is -2.45. The largest absolute Gasteiger partial charge is 0.451 e. The van der Waals surface area contributed by atoms with Crippen LogP contribution < -0.4 is 0 Å². The maximum Gasteiger partial charge on any atom is 0.355 e. The SMILES string of the molecule is CC(C)N(C(=O)COC(=O)C1=NN([C@H]2CCS(=O)(=O)C2)C(=O)CC1)C(C)C. The highest BCUT2D eigenvalue weighted by Crippen LogP contribution is 2.22. The molecule has 0 aromatic rings. The number of hydrogen-bond acceptors (Lipinski definition) is 7. The van der Waals surface area contributed by atoms with Crippen LogP contribution in [0.15, 0.2) is 5.10 Å². The van der Waals surface area contributed by atoms with Crippen molar-refractivity contribution in [1.29, 1.82) is 0 Å². The van der Waals surface area contributed by atoms with E-state index in [0.29, 0.717) is 6.42 Å². The Morgan fingerprint density at radius 3 is 2.37 bits per heavy atom. The molecule has 27 heavy (non-hydrogen) atoms. The molecule has 0 radical (unpaired) electrons. The smallest absolute Gasteiger partial charge is 0.355 e. The van der Waals surface area contributed by atoms with Crippen LogP contribution in [0.25, 0.3) is 0 Å². The van der Waals surface area contributed by atoms with Crippen molar-refractivity contribution in [2.45, 2.75) is 65.1 Å². The van der Waals surface area contributed by atoms with E-state index in [2.05, 4.69) is 5.10 Å². The van der Waals surface area contributed by atoms with Crippen molar-refractivity contribution in [2.24, 2.45) is 5.10 Å². The molecule has 2 aliphatic heterocycles. The van der Waals surface area contributed by atoms with Crippen molar-refractivity contribution in [3.05, 3.63) is 0 Å². The number of carbonyl (C=O) groups excluding carboxylic acids is 3. The number of sulfone groups is 1. The molecule has 0 unspecified atom stereocenters. The summed E-state index contributed by atoms with van der Waals surface area (Å²) in [4.78, 5) is 38.3. The quantitative estimate of drug-likeness (QED) is 0.593. The van der Waals surface area contributed by atoms with E-state index >= 15 is 0 Å². The van der Waals surface area contributed by atoms with Crippen molar-refractivity contribution in [3.8, 4) is 0 Å². The van der Waals surface area contributed by atoms with Gasteiger partial charge in [0.1, 0.15) is 5.71 Å². The van der Waals surface area contributed by atoms with Gasteiger partial charge >= 0.3 is 5.97 Å². The van der Waals surface area contributed by atoms with Crippen molar-refractivity contribution in [2.75, 3.05) is 18.1 Å². The zero-order valence-electron chi connectivity index (χ0n) is 16.2. The van der Waals surface area contributed by atoms with Gasteiger partial charge in [0.15, 0.2) is 16.4 Å². The van der Waals surface area contributed by atoms with Gasteiger partial charge in [-0.2, -0.15) is 5.10 Å². The maximum absolute atomic E-state index is 12.3. The minimum absolute atomic E-state index is 0.00544. The van der Waals surface area contributed by atoms with Crippen molar-refractivity contribution in [3.63, 3.8) is 0 Å². The highest BCUT2D eigenvalue weighted by atomic mass is 32.2. The summed E-state index contributed by atoms with van der Waals surface area (Å²) in [5, 5.41) is 5.14. The first-order chi connectivity index (χ1) is 12.5.